The Hall–Kier alpha value is -3.71. The van der Waals surface area contributed by atoms with Gasteiger partial charge in [-0.05, 0) is 67.3 Å². The maximum absolute atomic E-state index is 13.7. The highest BCUT2D eigenvalue weighted by Crippen LogP contribution is 2.40. The summed E-state index contributed by atoms with van der Waals surface area (Å²) in [5.41, 5.74) is 3.93. The van der Waals surface area contributed by atoms with Gasteiger partial charge in [0, 0.05) is 31.3 Å². The van der Waals surface area contributed by atoms with Gasteiger partial charge in [0.1, 0.15) is 11.5 Å². The highest BCUT2D eigenvalue weighted by atomic mass is 32.2. The second-order valence-corrected chi connectivity index (χ2v) is 10.4. The molecule has 0 N–H and O–H groups in total. The van der Waals surface area contributed by atoms with E-state index < -0.39 is 0 Å². The zero-order valence-corrected chi connectivity index (χ0v) is 22.7. The van der Waals surface area contributed by atoms with Crippen molar-refractivity contribution in [2.75, 3.05) is 38.8 Å². The molecule has 2 saturated heterocycles. The number of nitrogens with zero attached hydrogens (tertiary/aromatic N) is 3. The number of rotatable bonds is 9. The maximum Gasteiger partial charge on any atom is 0.266 e. The van der Waals surface area contributed by atoms with Gasteiger partial charge >= 0.3 is 0 Å². The molecule has 0 atom stereocenters. The van der Waals surface area contributed by atoms with Crippen molar-refractivity contribution >= 4 is 40.3 Å². The van der Waals surface area contributed by atoms with Crippen LogP contribution in [-0.2, 0) is 11.2 Å². The van der Waals surface area contributed by atoms with Crippen LogP contribution >= 0.6 is 11.8 Å². The summed E-state index contributed by atoms with van der Waals surface area (Å²) in [5.74, 6) is 1.47. The summed E-state index contributed by atoms with van der Waals surface area (Å²) in [6.45, 7) is 2.61. The van der Waals surface area contributed by atoms with Gasteiger partial charge in [-0.15, -0.1) is 0 Å². The Balaban J connectivity index is 1.44. The monoisotopic (exact) mass is 527 g/mol. The van der Waals surface area contributed by atoms with Crippen LogP contribution in [0.5, 0.6) is 11.5 Å². The Morgan fingerprint density at radius 2 is 1.61 bits per heavy atom. The van der Waals surface area contributed by atoms with Crippen LogP contribution < -0.4 is 14.4 Å². The second-order valence-electron chi connectivity index (χ2n) is 9.35. The molecular formula is C31H33N3O3S. The van der Waals surface area contributed by atoms with Crippen molar-refractivity contribution in [3.8, 4) is 11.5 Å². The average molecular weight is 528 g/mol. The summed E-state index contributed by atoms with van der Waals surface area (Å²) >= 11 is 1.41. The first-order valence-corrected chi connectivity index (χ1v) is 13.9. The van der Waals surface area contributed by atoms with Gasteiger partial charge < -0.3 is 14.4 Å². The minimum absolute atomic E-state index is 0.0395. The number of para-hydroxylation sites is 1. The third kappa shape index (κ3) is 5.89. The van der Waals surface area contributed by atoms with Gasteiger partial charge in [0.25, 0.3) is 5.91 Å². The van der Waals surface area contributed by atoms with Crippen molar-refractivity contribution in [1.29, 1.82) is 0 Å². The Kier molecular flexibility index (Phi) is 8.34. The highest BCUT2D eigenvalue weighted by Gasteiger charge is 2.33. The summed E-state index contributed by atoms with van der Waals surface area (Å²) < 4.78 is 11.5. The van der Waals surface area contributed by atoms with E-state index in [1.54, 1.807) is 19.1 Å². The van der Waals surface area contributed by atoms with Crippen LogP contribution in [0.25, 0.3) is 6.08 Å². The molecule has 2 fully saturated rings. The Morgan fingerprint density at radius 3 is 2.29 bits per heavy atom. The SMILES string of the molecule is COc1cc(N2CCCC2)c(OC)cc1/C=C1\SC(=Nc2ccccc2)N(CCCc2ccccc2)C1=O. The van der Waals surface area contributed by atoms with E-state index in [2.05, 4.69) is 17.0 Å². The van der Waals surface area contributed by atoms with Crippen LogP contribution in [0, 0.1) is 0 Å². The number of aliphatic imine (C=N–C) groups is 1. The van der Waals surface area contributed by atoms with Crippen molar-refractivity contribution < 1.29 is 14.3 Å². The zero-order chi connectivity index (χ0) is 26.3. The molecule has 196 valence electrons. The molecule has 7 heteroatoms. The molecule has 2 aliphatic rings. The fourth-order valence-corrected chi connectivity index (χ4v) is 5.87. The zero-order valence-electron chi connectivity index (χ0n) is 21.9. The minimum Gasteiger partial charge on any atom is -0.496 e. The van der Waals surface area contributed by atoms with E-state index in [0.717, 1.165) is 54.4 Å². The van der Waals surface area contributed by atoms with Gasteiger partial charge in [0.15, 0.2) is 5.17 Å². The minimum atomic E-state index is -0.0395. The van der Waals surface area contributed by atoms with E-state index in [-0.39, 0.29) is 5.91 Å². The number of hydrogen-bond donors (Lipinski definition) is 0. The smallest absolute Gasteiger partial charge is 0.266 e. The molecule has 38 heavy (non-hydrogen) atoms. The molecule has 0 saturated carbocycles. The van der Waals surface area contributed by atoms with E-state index in [9.17, 15) is 4.79 Å². The fourth-order valence-electron chi connectivity index (χ4n) is 4.85. The molecule has 0 unspecified atom stereocenters. The molecule has 0 aliphatic carbocycles. The van der Waals surface area contributed by atoms with Crippen LogP contribution in [0.2, 0.25) is 0 Å². The van der Waals surface area contributed by atoms with Crippen molar-refractivity contribution in [1.82, 2.24) is 4.90 Å². The molecule has 3 aromatic carbocycles. The summed E-state index contributed by atoms with van der Waals surface area (Å²) in [6, 6.07) is 24.1. The van der Waals surface area contributed by atoms with Crippen molar-refractivity contribution in [3.05, 3.63) is 88.8 Å². The van der Waals surface area contributed by atoms with E-state index in [1.165, 1.54) is 30.2 Å². The molecular weight excluding hydrogens is 494 g/mol. The number of amides is 1. The number of ether oxygens (including phenoxy) is 2. The standard InChI is InChI=1S/C31H33N3O3S/c1-36-27-22-26(33-17-9-10-18-33)28(37-2)20-24(27)21-29-30(35)34(19-11-14-23-12-5-3-6-13-23)31(38-29)32-25-15-7-4-8-16-25/h3-8,12-13,15-16,20-22H,9-11,14,17-19H2,1-2H3/b29-21-,32-31?. The van der Waals surface area contributed by atoms with Gasteiger partial charge in [0.2, 0.25) is 0 Å². The largest absolute Gasteiger partial charge is 0.496 e. The quantitative estimate of drug-likeness (QED) is 0.296. The molecule has 5 rings (SSSR count). The molecule has 2 aliphatic heterocycles. The van der Waals surface area contributed by atoms with Crippen LogP contribution in [0.15, 0.2) is 82.7 Å². The lowest BCUT2D eigenvalue weighted by atomic mass is 10.1. The van der Waals surface area contributed by atoms with Crippen LogP contribution in [-0.4, -0.2) is 49.8 Å². The number of carbonyl (C=O) groups is 1. The first-order chi connectivity index (χ1) is 18.7. The number of carbonyl (C=O) groups excluding carboxylic acids is 1. The van der Waals surface area contributed by atoms with Crippen LogP contribution in [0.4, 0.5) is 11.4 Å². The van der Waals surface area contributed by atoms with E-state index >= 15 is 0 Å². The average Bonchev–Trinajstić information content (AvgIpc) is 3.59. The van der Waals surface area contributed by atoms with Gasteiger partial charge in [0.05, 0.1) is 30.5 Å². The molecule has 3 aromatic rings. The molecule has 6 nitrogen and oxygen atoms in total. The molecule has 0 bridgehead atoms. The third-order valence-electron chi connectivity index (χ3n) is 6.82. The lowest BCUT2D eigenvalue weighted by Gasteiger charge is -2.22. The number of aryl methyl sites for hydroxylation is 1. The van der Waals surface area contributed by atoms with Crippen LogP contribution in [0.3, 0.4) is 0 Å². The number of hydrogen-bond acceptors (Lipinski definition) is 6. The summed E-state index contributed by atoms with van der Waals surface area (Å²) in [5, 5.41) is 0.695. The predicted octanol–water partition coefficient (Wildman–Crippen LogP) is 6.54. The Labute approximate surface area is 229 Å². The Bertz CT molecular complexity index is 1320. The number of thioether (sulfide) groups is 1. The topological polar surface area (TPSA) is 54.4 Å². The molecule has 0 radical (unpaired) electrons. The second kappa shape index (κ2) is 12.2. The Morgan fingerprint density at radius 1 is 0.921 bits per heavy atom. The summed E-state index contributed by atoms with van der Waals surface area (Å²) in [6.07, 6.45) is 5.99. The lowest BCUT2D eigenvalue weighted by Crippen LogP contribution is -2.30. The van der Waals surface area contributed by atoms with Crippen molar-refractivity contribution in [2.45, 2.75) is 25.7 Å². The van der Waals surface area contributed by atoms with Crippen molar-refractivity contribution in [2.24, 2.45) is 4.99 Å². The number of anilines is 1. The molecule has 0 spiro atoms. The van der Waals surface area contributed by atoms with Crippen LogP contribution in [0.1, 0.15) is 30.4 Å². The third-order valence-corrected chi connectivity index (χ3v) is 7.83. The predicted molar refractivity (Wildman–Crippen MR) is 157 cm³/mol. The van der Waals surface area contributed by atoms with E-state index in [0.29, 0.717) is 16.6 Å². The van der Waals surface area contributed by atoms with Gasteiger partial charge in [-0.25, -0.2) is 4.99 Å². The molecule has 1 amide bonds. The normalized spacial score (nSPS) is 17.6. The molecule has 0 aromatic heterocycles. The summed E-state index contributed by atoms with van der Waals surface area (Å²) in [7, 11) is 3.35. The highest BCUT2D eigenvalue weighted by molar-refractivity contribution is 8.18. The molecule has 2 heterocycles. The van der Waals surface area contributed by atoms with Gasteiger partial charge in [-0.2, -0.15) is 0 Å². The maximum atomic E-state index is 13.7. The fraction of sp³-hybridized carbons (Fsp3) is 0.290. The van der Waals surface area contributed by atoms with Gasteiger partial charge in [-0.1, -0.05) is 48.5 Å². The number of methoxy groups -OCH3 is 2. The number of benzene rings is 3. The lowest BCUT2D eigenvalue weighted by molar-refractivity contribution is -0.122. The number of amidine groups is 1. The van der Waals surface area contributed by atoms with E-state index in [4.69, 9.17) is 14.5 Å². The first kappa shape index (κ1) is 25.9. The van der Waals surface area contributed by atoms with Gasteiger partial charge in [-0.3, -0.25) is 9.69 Å². The van der Waals surface area contributed by atoms with Crippen molar-refractivity contribution in [3.63, 3.8) is 0 Å². The summed E-state index contributed by atoms with van der Waals surface area (Å²) in [4.78, 5) is 23.2. The first-order valence-electron chi connectivity index (χ1n) is 13.1. The van der Waals surface area contributed by atoms with E-state index in [1.807, 2.05) is 66.7 Å².